The summed E-state index contributed by atoms with van der Waals surface area (Å²) >= 11 is 0. The van der Waals surface area contributed by atoms with Gasteiger partial charge in [0.05, 0.1) is 12.5 Å². The van der Waals surface area contributed by atoms with Gasteiger partial charge in [0.15, 0.2) is 0 Å². The first-order valence-electron chi connectivity index (χ1n) is 3.65. The molecular weight excluding hydrogens is 132 g/mol. The number of hydrogen-bond donors (Lipinski definition) is 1. The molecular formula is C7H10O3. The number of fused-ring (bicyclic) bond motifs is 2. The zero-order chi connectivity index (χ0) is 7.14. The first kappa shape index (κ1) is 6.16. The summed E-state index contributed by atoms with van der Waals surface area (Å²) in [6.45, 7) is 0. The molecule has 0 aromatic carbocycles. The van der Waals surface area contributed by atoms with Gasteiger partial charge in [0.25, 0.3) is 0 Å². The Morgan fingerprint density at radius 2 is 2.30 bits per heavy atom. The SMILES string of the molecule is O=C1CC2CCC(O1)C2O. The van der Waals surface area contributed by atoms with Crippen LogP contribution in [0.15, 0.2) is 0 Å². The summed E-state index contributed by atoms with van der Waals surface area (Å²) in [5.74, 6) is 0.0454. The molecule has 2 rings (SSSR count). The van der Waals surface area contributed by atoms with Gasteiger partial charge in [0.1, 0.15) is 6.10 Å². The fourth-order valence-electron chi connectivity index (χ4n) is 1.81. The fraction of sp³-hybridized carbons (Fsp3) is 0.857. The summed E-state index contributed by atoms with van der Waals surface area (Å²) in [5.41, 5.74) is 0. The van der Waals surface area contributed by atoms with E-state index in [-0.39, 0.29) is 24.1 Å². The van der Waals surface area contributed by atoms with Crippen LogP contribution in [0.1, 0.15) is 19.3 Å². The van der Waals surface area contributed by atoms with Crippen LogP contribution in [0.5, 0.6) is 0 Å². The first-order chi connectivity index (χ1) is 4.77. The van der Waals surface area contributed by atoms with Gasteiger partial charge in [-0.2, -0.15) is 0 Å². The maximum atomic E-state index is 10.7. The Hall–Kier alpha value is -0.570. The van der Waals surface area contributed by atoms with Gasteiger partial charge in [0, 0.05) is 0 Å². The van der Waals surface area contributed by atoms with Gasteiger partial charge in [-0.05, 0) is 18.8 Å². The zero-order valence-electron chi connectivity index (χ0n) is 5.62. The van der Waals surface area contributed by atoms with Gasteiger partial charge < -0.3 is 9.84 Å². The minimum Gasteiger partial charge on any atom is -0.460 e. The van der Waals surface area contributed by atoms with Crippen molar-refractivity contribution in [1.82, 2.24) is 0 Å². The second-order valence-corrected chi connectivity index (χ2v) is 3.06. The highest BCUT2D eigenvalue weighted by Gasteiger charge is 2.42. The lowest BCUT2D eigenvalue weighted by Crippen LogP contribution is -2.36. The van der Waals surface area contributed by atoms with Crippen molar-refractivity contribution in [3.63, 3.8) is 0 Å². The number of hydrogen-bond acceptors (Lipinski definition) is 3. The van der Waals surface area contributed by atoms with Crippen LogP contribution in [0.4, 0.5) is 0 Å². The number of rotatable bonds is 0. The number of esters is 1. The lowest BCUT2D eigenvalue weighted by Gasteiger charge is -2.24. The summed E-state index contributed by atoms with van der Waals surface area (Å²) in [6, 6.07) is 0. The van der Waals surface area contributed by atoms with E-state index in [9.17, 15) is 9.90 Å². The van der Waals surface area contributed by atoms with E-state index in [4.69, 9.17) is 4.74 Å². The molecule has 3 nitrogen and oxygen atoms in total. The van der Waals surface area contributed by atoms with Crippen LogP contribution in [0, 0.1) is 5.92 Å². The Labute approximate surface area is 59.0 Å². The number of aliphatic hydroxyl groups is 1. The zero-order valence-corrected chi connectivity index (χ0v) is 5.62. The molecule has 56 valence electrons. The number of carbonyl (C=O) groups excluding carboxylic acids is 1. The maximum Gasteiger partial charge on any atom is 0.306 e. The molecule has 1 saturated heterocycles. The van der Waals surface area contributed by atoms with Crippen LogP contribution in [0.3, 0.4) is 0 Å². The fourth-order valence-corrected chi connectivity index (χ4v) is 1.81. The largest absolute Gasteiger partial charge is 0.460 e. The third-order valence-corrected chi connectivity index (χ3v) is 2.40. The van der Waals surface area contributed by atoms with Crippen LogP contribution < -0.4 is 0 Å². The van der Waals surface area contributed by atoms with Crippen molar-refractivity contribution in [3.05, 3.63) is 0 Å². The minimum absolute atomic E-state index is 0.141. The topological polar surface area (TPSA) is 46.5 Å². The third-order valence-electron chi connectivity index (χ3n) is 2.40. The number of ether oxygens (including phenoxy) is 1. The van der Waals surface area contributed by atoms with Crippen LogP contribution >= 0.6 is 0 Å². The average Bonchev–Trinajstić information content (AvgIpc) is 2.20. The molecule has 0 aromatic rings. The summed E-state index contributed by atoms with van der Waals surface area (Å²) in [7, 11) is 0. The van der Waals surface area contributed by atoms with E-state index in [0.29, 0.717) is 6.42 Å². The molecule has 1 aliphatic heterocycles. The van der Waals surface area contributed by atoms with E-state index in [1.54, 1.807) is 0 Å². The summed E-state index contributed by atoms with van der Waals surface area (Å²) < 4.78 is 4.90. The monoisotopic (exact) mass is 142 g/mol. The van der Waals surface area contributed by atoms with Gasteiger partial charge in [-0.15, -0.1) is 0 Å². The quantitative estimate of drug-likeness (QED) is 0.487. The molecule has 0 radical (unpaired) electrons. The molecule has 0 amide bonds. The highest BCUT2D eigenvalue weighted by Crippen LogP contribution is 2.35. The molecule has 0 spiro atoms. The minimum atomic E-state index is -0.377. The molecule has 2 fully saturated rings. The van der Waals surface area contributed by atoms with Gasteiger partial charge in [-0.1, -0.05) is 0 Å². The van der Waals surface area contributed by atoms with E-state index in [0.717, 1.165) is 12.8 Å². The molecule has 3 unspecified atom stereocenters. The highest BCUT2D eigenvalue weighted by molar-refractivity contribution is 5.71. The smallest absolute Gasteiger partial charge is 0.306 e. The lowest BCUT2D eigenvalue weighted by molar-refractivity contribution is -0.163. The van der Waals surface area contributed by atoms with Crippen molar-refractivity contribution in [2.75, 3.05) is 0 Å². The Morgan fingerprint density at radius 3 is 3.00 bits per heavy atom. The molecule has 1 N–H and O–H groups in total. The molecule has 2 aliphatic rings. The van der Waals surface area contributed by atoms with Crippen molar-refractivity contribution < 1.29 is 14.6 Å². The van der Waals surface area contributed by atoms with Gasteiger partial charge in [-0.3, -0.25) is 4.79 Å². The van der Waals surface area contributed by atoms with Gasteiger partial charge in [0.2, 0.25) is 0 Å². The van der Waals surface area contributed by atoms with E-state index in [2.05, 4.69) is 0 Å². The predicted octanol–water partition coefficient (Wildman–Crippen LogP) is 0.0728. The van der Waals surface area contributed by atoms with Crippen molar-refractivity contribution >= 4 is 5.97 Å². The summed E-state index contributed by atoms with van der Waals surface area (Å²) in [6.07, 6.45) is 1.64. The molecule has 0 aromatic heterocycles. The maximum absolute atomic E-state index is 10.7. The number of carbonyl (C=O) groups is 1. The summed E-state index contributed by atoms with van der Waals surface area (Å²) in [4.78, 5) is 10.7. The molecule has 10 heavy (non-hydrogen) atoms. The van der Waals surface area contributed by atoms with E-state index < -0.39 is 0 Å². The Balaban J connectivity index is 2.16. The van der Waals surface area contributed by atoms with Crippen LogP contribution in [0.2, 0.25) is 0 Å². The molecule has 1 saturated carbocycles. The summed E-state index contributed by atoms with van der Waals surface area (Å²) in [5, 5.41) is 9.35. The molecule has 1 heterocycles. The first-order valence-corrected chi connectivity index (χ1v) is 3.65. The second-order valence-electron chi connectivity index (χ2n) is 3.06. The average molecular weight is 142 g/mol. The highest BCUT2D eigenvalue weighted by atomic mass is 16.6. The van der Waals surface area contributed by atoms with Crippen LogP contribution in [0.25, 0.3) is 0 Å². The van der Waals surface area contributed by atoms with Crippen molar-refractivity contribution in [2.24, 2.45) is 5.92 Å². The van der Waals surface area contributed by atoms with Crippen molar-refractivity contribution in [1.29, 1.82) is 0 Å². The normalized spacial score (nSPS) is 45.3. The van der Waals surface area contributed by atoms with Crippen LogP contribution in [-0.2, 0) is 9.53 Å². The van der Waals surface area contributed by atoms with Crippen LogP contribution in [-0.4, -0.2) is 23.3 Å². The third kappa shape index (κ3) is 0.736. The van der Waals surface area contributed by atoms with Gasteiger partial charge in [-0.25, -0.2) is 0 Å². The Bertz CT molecular complexity index is 150. The Kier molecular flexibility index (Phi) is 1.20. The Morgan fingerprint density at radius 1 is 1.50 bits per heavy atom. The van der Waals surface area contributed by atoms with E-state index in [1.807, 2.05) is 0 Å². The van der Waals surface area contributed by atoms with E-state index >= 15 is 0 Å². The standard InChI is InChI=1S/C7H10O3/c8-6-3-4-1-2-5(10-6)7(4)9/h4-5,7,9H,1-3H2. The molecule has 3 heteroatoms. The van der Waals surface area contributed by atoms with Gasteiger partial charge >= 0.3 is 5.97 Å². The molecule has 1 aliphatic carbocycles. The van der Waals surface area contributed by atoms with E-state index in [1.165, 1.54) is 0 Å². The second kappa shape index (κ2) is 1.95. The molecule has 3 atom stereocenters. The van der Waals surface area contributed by atoms with Crippen molar-refractivity contribution in [2.45, 2.75) is 31.5 Å². The number of aliphatic hydroxyl groups excluding tert-OH is 1. The molecule has 2 bridgehead atoms. The lowest BCUT2D eigenvalue weighted by atomic mass is 10.00. The van der Waals surface area contributed by atoms with Crippen molar-refractivity contribution in [3.8, 4) is 0 Å². The predicted molar refractivity (Wildman–Crippen MR) is 33.2 cm³/mol.